The van der Waals surface area contributed by atoms with Gasteiger partial charge >= 0.3 is 6.09 Å². The molecular formula is C21H19ClN4O4. The molecule has 2 heterocycles. The lowest BCUT2D eigenvalue weighted by atomic mass is 10.1. The van der Waals surface area contributed by atoms with E-state index >= 15 is 0 Å². The van der Waals surface area contributed by atoms with E-state index in [0.29, 0.717) is 50.1 Å². The highest BCUT2D eigenvalue weighted by Crippen LogP contribution is 2.39. The summed E-state index contributed by atoms with van der Waals surface area (Å²) < 4.78 is 12.7. The first-order valence-corrected chi connectivity index (χ1v) is 9.43. The Bertz CT molecular complexity index is 1280. The van der Waals surface area contributed by atoms with Gasteiger partial charge in [-0.2, -0.15) is 0 Å². The first-order chi connectivity index (χ1) is 14.4. The number of ether oxygens (including phenoxy) is 2. The van der Waals surface area contributed by atoms with Crippen LogP contribution in [0.5, 0.6) is 11.5 Å². The Labute approximate surface area is 177 Å². The average molecular weight is 427 g/mol. The molecule has 4 rings (SSSR count). The van der Waals surface area contributed by atoms with Gasteiger partial charge in [0.1, 0.15) is 11.3 Å². The van der Waals surface area contributed by atoms with Crippen LogP contribution >= 0.6 is 11.6 Å². The predicted molar refractivity (Wildman–Crippen MR) is 115 cm³/mol. The molecule has 0 aliphatic heterocycles. The van der Waals surface area contributed by atoms with E-state index in [4.69, 9.17) is 21.1 Å². The lowest BCUT2D eigenvalue weighted by molar-refractivity contribution is 0.204. The fraction of sp³-hybridized carbons (Fsp3) is 0.190. The average Bonchev–Trinajstić information content (AvgIpc) is 3.11. The third-order valence-corrected chi connectivity index (χ3v) is 5.24. The third kappa shape index (κ3) is 2.96. The predicted octanol–water partition coefficient (Wildman–Crippen LogP) is 4.99. The van der Waals surface area contributed by atoms with E-state index in [1.54, 1.807) is 50.6 Å². The van der Waals surface area contributed by atoms with Crippen LogP contribution in [0.15, 0.2) is 36.5 Å². The summed E-state index contributed by atoms with van der Waals surface area (Å²) in [6, 6.07) is 8.71. The molecule has 0 unspecified atom stereocenters. The summed E-state index contributed by atoms with van der Waals surface area (Å²) in [6.45, 7) is 3.63. The molecule has 0 bridgehead atoms. The third-order valence-electron chi connectivity index (χ3n) is 4.93. The van der Waals surface area contributed by atoms with Crippen LogP contribution in [-0.2, 0) is 0 Å². The lowest BCUT2D eigenvalue weighted by Crippen LogP contribution is -2.26. The van der Waals surface area contributed by atoms with Crippen molar-refractivity contribution < 1.29 is 19.4 Å². The molecule has 154 valence electrons. The fourth-order valence-electron chi connectivity index (χ4n) is 3.57. The van der Waals surface area contributed by atoms with Gasteiger partial charge in [-0.1, -0.05) is 23.7 Å². The lowest BCUT2D eigenvalue weighted by Gasteiger charge is -2.23. The summed E-state index contributed by atoms with van der Waals surface area (Å²) in [5.41, 5.74) is 2.80. The van der Waals surface area contributed by atoms with Gasteiger partial charge in [-0.15, -0.1) is 0 Å². The Morgan fingerprint density at radius 2 is 1.83 bits per heavy atom. The minimum Gasteiger partial charge on any atom is -0.493 e. The molecule has 0 atom stereocenters. The highest BCUT2D eigenvalue weighted by molar-refractivity contribution is 6.34. The highest BCUT2D eigenvalue weighted by Gasteiger charge is 2.27. The Morgan fingerprint density at radius 3 is 2.47 bits per heavy atom. The summed E-state index contributed by atoms with van der Waals surface area (Å²) in [6.07, 6.45) is 0.384. The summed E-state index contributed by atoms with van der Waals surface area (Å²) in [5, 5.41) is 10.4. The number of aromatic nitrogens is 3. The van der Waals surface area contributed by atoms with Crippen molar-refractivity contribution in [2.24, 2.45) is 0 Å². The van der Waals surface area contributed by atoms with Crippen LogP contribution in [0.4, 0.5) is 16.3 Å². The van der Waals surface area contributed by atoms with Crippen LogP contribution in [0.3, 0.4) is 0 Å². The number of benzene rings is 2. The number of amides is 1. The Balaban J connectivity index is 2.12. The largest absolute Gasteiger partial charge is 0.493 e. The second-order valence-electron chi connectivity index (χ2n) is 6.68. The number of carboxylic acid groups (broad SMARTS) is 1. The van der Waals surface area contributed by atoms with Crippen molar-refractivity contribution in [3.63, 3.8) is 0 Å². The van der Waals surface area contributed by atoms with E-state index in [9.17, 15) is 9.90 Å². The molecule has 0 saturated heterocycles. The van der Waals surface area contributed by atoms with Gasteiger partial charge < -0.3 is 14.6 Å². The zero-order chi connectivity index (χ0) is 21.6. The van der Waals surface area contributed by atoms with Gasteiger partial charge in [0.15, 0.2) is 17.3 Å². The number of para-hydroxylation sites is 1. The van der Waals surface area contributed by atoms with Crippen molar-refractivity contribution in [2.75, 3.05) is 19.1 Å². The fourth-order valence-corrected chi connectivity index (χ4v) is 3.87. The Hall–Kier alpha value is -3.52. The molecule has 2 aromatic carbocycles. The van der Waals surface area contributed by atoms with Gasteiger partial charge in [0, 0.05) is 12.1 Å². The zero-order valence-corrected chi connectivity index (χ0v) is 17.6. The Morgan fingerprint density at radius 1 is 1.13 bits per heavy atom. The molecule has 0 aliphatic rings. The summed E-state index contributed by atoms with van der Waals surface area (Å²) in [4.78, 5) is 22.5. The maximum atomic E-state index is 12.4. The number of methoxy groups -OCH3 is 2. The van der Waals surface area contributed by atoms with E-state index in [-0.39, 0.29) is 5.82 Å². The molecule has 2 aromatic heterocycles. The van der Waals surface area contributed by atoms with Crippen molar-refractivity contribution in [3.05, 3.63) is 52.9 Å². The topological polar surface area (TPSA) is 89.2 Å². The molecular weight excluding hydrogens is 408 g/mol. The molecule has 0 spiro atoms. The maximum absolute atomic E-state index is 12.4. The van der Waals surface area contributed by atoms with Crippen molar-refractivity contribution in [2.45, 2.75) is 13.8 Å². The van der Waals surface area contributed by atoms with Crippen molar-refractivity contribution in [1.82, 2.24) is 14.4 Å². The molecule has 0 aliphatic carbocycles. The minimum atomic E-state index is -1.21. The molecule has 30 heavy (non-hydrogen) atoms. The van der Waals surface area contributed by atoms with Crippen LogP contribution in [-0.4, -0.2) is 39.8 Å². The van der Waals surface area contributed by atoms with Crippen molar-refractivity contribution in [3.8, 4) is 11.5 Å². The second-order valence-corrected chi connectivity index (χ2v) is 7.09. The smallest absolute Gasteiger partial charge is 0.417 e. The van der Waals surface area contributed by atoms with E-state index in [1.165, 1.54) is 7.11 Å². The minimum absolute atomic E-state index is 0.194. The van der Waals surface area contributed by atoms with Gasteiger partial charge in [-0.05, 0) is 25.5 Å². The van der Waals surface area contributed by atoms with Gasteiger partial charge in [-0.25, -0.2) is 19.7 Å². The second kappa shape index (κ2) is 7.38. The molecule has 1 amide bonds. The molecule has 4 aromatic rings. The van der Waals surface area contributed by atoms with Gasteiger partial charge in [-0.3, -0.25) is 4.40 Å². The van der Waals surface area contributed by atoms with E-state index in [2.05, 4.69) is 9.97 Å². The quantitative estimate of drug-likeness (QED) is 0.494. The number of anilines is 2. The van der Waals surface area contributed by atoms with Crippen LogP contribution in [0.25, 0.3) is 16.6 Å². The summed E-state index contributed by atoms with van der Waals surface area (Å²) in [5.74, 6) is 1.88. The highest BCUT2D eigenvalue weighted by atomic mass is 35.5. The van der Waals surface area contributed by atoms with E-state index in [1.807, 2.05) is 11.3 Å². The summed E-state index contributed by atoms with van der Waals surface area (Å²) in [7, 11) is 3.08. The monoisotopic (exact) mass is 426 g/mol. The summed E-state index contributed by atoms with van der Waals surface area (Å²) >= 11 is 6.39. The molecule has 0 saturated carbocycles. The van der Waals surface area contributed by atoms with E-state index < -0.39 is 6.09 Å². The van der Waals surface area contributed by atoms with Crippen LogP contribution in [0, 0.1) is 13.8 Å². The number of aryl methyl sites for hydroxylation is 2. The van der Waals surface area contributed by atoms with Crippen LogP contribution in [0.2, 0.25) is 5.02 Å². The first kappa shape index (κ1) is 19.8. The first-order valence-electron chi connectivity index (χ1n) is 9.05. The van der Waals surface area contributed by atoms with Crippen molar-refractivity contribution >= 4 is 45.7 Å². The van der Waals surface area contributed by atoms with Crippen LogP contribution < -0.4 is 14.4 Å². The molecule has 9 heteroatoms. The SMILES string of the molecule is COc1cc2nc(N(C(=O)O)c3c(C)cccc3Cl)c3cnc(C)n3c2cc1OC. The van der Waals surface area contributed by atoms with Gasteiger partial charge in [0.05, 0.1) is 42.2 Å². The van der Waals surface area contributed by atoms with Gasteiger partial charge in [0.25, 0.3) is 0 Å². The number of hydrogen-bond acceptors (Lipinski definition) is 5. The van der Waals surface area contributed by atoms with E-state index in [0.717, 1.165) is 4.90 Å². The number of imidazole rings is 1. The van der Waals surface area contributed by atoms with Crippen LogP contribution in [0.1, 0.15) is 11.4 Å². The number of halogens is 1. The number of hydrogen-bond donors (Lipinski definition) is 1. The Kier molecular flexibility index (Phi) is 4.87. The molecule has 0 fully saturated rings. The molecule has 1 N–H and O–H groups in total. The molecule has 0 radical (unpaired) electrons. The normalized spacial score (nSPS) is 11.1. The molecule has 8 nitrogen and oxygen atoms in total. The number of rotatable bonds is 4. The van der Waals surface area contributed by atoms with Gasteiger partial charge in [0.2, 0.25) is 0 Å². The number of carbonyl (C=O) groups is 1. The standard InChI is InChI=1S/C21H19ClN4O4/c1-11-6-5-7-13(22)19(11)26(21(27)28)20-16-10-23-12(2)25(16)15-9-18(30-4)17(29-3)8-14(15)24-20/h5-10H,1-4H3,(H,27,28). The maximum Gasteiger partial charge on any atom is 0.417 e. The number of nitrogens with zero attached hydrogens (tertiary/aromatic N) is 4. The zero-order valence-electron chi connectivity index (χ0n) is 16.8. The number of fused-ring (bicyclic) bond motifs is 3. The van der Waals surface area contributed by atoms with Crippen molar-refractivity contribution in [1.29, 1.82) is 0 Å².